The van der Waals surface area contributed by atoms with Crippen molar-refractivity contribution >= 4 is 35.1 Å². The first-order valence-corrected chi connectivity index (χ1v) is 9.69. The molecule has 4 aromatic rings. The lowest BCUT2D eigenvalue weighted by molar-refractivity contribution is -0.159. The zero-order chi connectivity index (χ0) is 23.8. The maximum atomic E-state index is 9.10. The van der Waals surface area contributed by atoms with Gasteiger partial charge < -0.3 is 19.7 Å². The number of rotatable bonds is 5. The summed E-state index contributed by atoms with van der Waals surface area (Å²) in [5.41, 5.74) is 3.89. The van der Waals surface area contributed by atoms with Crippen LogP contribution in [0.2, 0.25) is 0 Å². The summed E-state index contributed by atoms with van der Waals surface area (Å²) in [6.07, 6.45) is 7.63. The SMILES string of the molecule is COc1cccc(/C=C/c2cccc3c2ncn3-c2ccccn2)c1OC.O=C(O)C(=O)O. The van der Waals surface area contributed by atoms with Gasteiger partial charge in [-0.1, -0.05) is 42.5 Å². The van der Waals surface area contributed by atoms with Crippen LogP contribution in [0.4, 0.5) is 0 Å². The van der Waals surface area contributed by atoms with Gasteiger partial charge in [-0.25, -0.2) is 19.6 Å². The quantitative estimate of drug-likeness (QED) is 0.350. The molecular formula is C24H21N3O6. The van der Waals surface area contributed by atoms with Gasteiger partial charge in [0, 0.05) is 17.3 Å². The maximum Gasteiger partial charge on any atom is 0.414 e. The summed E-state index contributed by atoms with van der Waals surface area (Å²) >= 11 is 0. The average Bonchev–Trinajstić information content (AvgIpc) is 3.28. The lowest BCUT2D eigenvalue weighted by atomic mass is 10.1. The van der Waals surface area contributed by atoms with E-state index >= 15 is 0 Å². The van der Waals surface area contributed by atoms with Crippen molar-refractivity contribution in [2.24, 2.45) is 0 Å². The van der Waals surface area contributed by atoms with E-state index in [4.69, 9.17) is 29.3 Å². The molecule has 168 valence electrons. The first-order valence-electron chi connectivity index (χ1n) is 9.69. The third-order valence-electron chi connectivity index (χ3n) is 4.56. The molecule has 2 aromatic heterocycles. The van der Waals surface area contributed by atoms with E-state index in [1.165, 1.54) is 0 Å². The van der Waals surface area contributed by atoms with Crippen molar-refractivity contribution in [2.45, 2.75) is 0 Å². The van der Waals surface area contributed by atoms with Crippen LogP contribution in [0.5, 0.6) is 11.5 Å². The van der Waals surface area contributed by atoms with Crippen molar-refractivity contribution in [1.82, 2.24) is 14.5 Å². The van der Waals surface area contributed by atoms with E-state index in [1.807, 2.05) is 71.3 Å². The van der Waals surface area contributed by atoms with Gasteiger partial charge in [-0.05, 0) is 24.3 Å². The molecular weight excluding hydrogens is 426 g/mol. The largest absolute Gasteiger partial charge is 0.493 e. The molecule has 9 heteroatoms. The predicted molar refractivity (Wildman–Crippen MR) is 123 cm³/mol. The number of fused-ring (bicyclic) bond motifs is 1. The number of imidazole rings is 1. The lowest BCUT2D eigenvalue weighted by Crippen LogP contribution is -2.09. The van der Waals surface area contributed by atoms with Crippen LogP contribution in [-0.2, 0) is 9.59 Å². The third-order valence-corrected chi connectivity index (χ3v) is 4.56. The number of carbonyl (C=O) groups is 2. The standard InChI is InChI=1S/C22H19N3O2.C2H2O4/c1-26-19-10-6-8-17(22(19)27-2)13-12-16-7-5-9-18-21(16)24-15-25(18)20-11-3-4-14-23-20;3-1(4)2(5)6/h3-15H,1-2H3;(H,3,4)(H,5,6)/b13-12+;. The molecule has 2 N–H and O–H groups in total. The average molecular weight is 447 g/mol. The fourth-order valence-corrected chi connectivity index (χ4v) is 3.10. The monoisotopic (exact) mass is 447 g/mol. The Bertz CT molecular complexity index is 1290. The van der Waals surface area contributed by atoms with Crippen molar-refractivity contribution < 1.29 is 29.3 Å². The molecule has 33 heavy (non-hydrogen) atoms. The van der Waals surface area contributed by atoms with E-state index in [-0.39, 0.29) is 0 Å². The highest BCUT2D eigenvalue weighted by Crippen LogP contribution is 2.32. The van der Waals surface area contributed by atoms with Crippen LogP contribution in [0.3, 0.4) is 0 Å². The molecule has 4 rings (SSSR count). The summed E-state index contributed by atoms with van der Waals surface area (Å²) in [4.78, 5) is 27.2. The van der Waals surface area contributed by atoms with Crippen LogP contribution in [0, 0.1) is 0 Å². The highest BCUT2D eigenvalue weighted by atomic mass is 16.5. The Hall–Kier alpha value is -4.66. The van der Waals surface area contributed by atoms with Gasteiger partial charge in [-0.2, -0.15) is 0 Å². The van der Waals surface area contributed by atoms with Crippen molar-refractivity contribution in [3.63, 3.8) is 0 Å². The van der Waals surface area contributed by atoms with Crippen LogP contribution >= 0.6 is 0 Å². The molecule has 0 bridgehead atoms. The number of benzene rings is 2. The summed E-state index contributed by atoms with van der Waals surface area (Å²) in [7, 11) is 3.28. The third kappa shape index (κ3) is 5.34. The summed E-state index contributed by atoms with van der Waals surface area (Å²) < 4.78 is 12.9. The van der Waals surface area contributed by atoms with E-state index in [9.17, 15) is 0 Å². The van der Waals surface area contributed by atoms with Gasteiger partial charge >= 0.3 is 11.9 Å². The number of nitrogens with zero attached hydrogens (tertiary/aromatic N) is 3. The number of carboxylic acids is 2. The second kappa shape index (κ2) is 10.6. The Labute approximate surface area is 189 Å². The molecule has 2 heterocycles. The summed E-state index contributed by atoms with van der Waals surface area (Å²) in [5.74, 6) is -1.39. The number of hydrogen-bond donors (Lipinski definition) is 2. The smallest absolute Gasteiger partial charge is 0.414 e. The fourth-order valence-electron chi connectivity index (χ4n) is 3.10. The van der Waals surface area contributed by atoms with Crippen molar-refractivity contribution in [2.75, 3.05) is 14.2 Å². The van der Waals surface area contributed by atoms with Crippen LogP contribution < -0.4 is 9.47 Å². The number of carboxylic acid groups (broad SMARTS) is 2. The number of aliphatic carboxylic acids is 2. The summed E-state index contributed by atoms with van der Waals surface area (Å²) in [5, 5.41) is 14.8. The molecule has 0 aliphatic rings. The number of para-hydroxylation sites is 2. The molecule has 0 spiro atoms. The minimum atomic E-state index is -1.82. The van der Waals surface area contributed by atoms with Crippen molar-refractivity contribution in [1.29, 1.82) is 0 Å². The van der Waals surface area contributed by atoms with Gasteiger partial charge in [0.2, 0.25) is 0 Å². The zero-order valence-electron chi connectivity index (χ0n) is 17.9. The van der Waals surface area contributed by atoms with Gasteiger partial charge in [-0.15, -0.1) is 0 Å². The molecule has 0 amide bonds. The van der Waals surface area contributed by atoms with Crippen LogP contribution in [0.1, 0.15) is 11.1 Å². The molecule has 0 aliphatic heterocycles. The maximum absolute atomic E-state index is 9.10. The van der Waals surface area contributed by atoms with E-state index in [1.54, 1.807) is 26.7 Å². The molecule has 0 aliphatic carbocycles. The van der Waals surface area contributed by atoms with Gasteiger partial charge in [0.25, 0.3) is 0 Å². The Balaban J connectivity index is 0.000000454. The Morgan fingerprint density at radius 3 is 2.18 bits per heavy atom. The highest BCUT2D eigenvalue weighted by molar-refractivity contribution is 6.27. The molecule has 0 radical (unpaired) electrons. The van der Waals surface area contributed by atoms with Crippen molar-refractivity contribution in [3.8, 4) is 17.3 Å². The van der Waals surface area contributed by atoms with Gasteiger partial charge in [0.05, 0.1) is 25.3 Å². The van der Waals surface area contributed by atoms with E-state index in [0.717, 1.165) is 28.0 Å². The molecule has 0 saturated heterocycles. The zero-order valence-corrected chi connectivity index (χ0v) is 17.9. The molecule has 0 fully saturated rings. The molecule has 0 saturated carbocycles. The molecule has 0 atom stereocenters. The Morgan fingerprint density at radius 1 is 0.848 bits per heavy atom. The fraction of sp³-hybridized carbons (Fsp3) is 0.0833. The first kappa shape index (κ1) is 23.0. The van der Waals surface area contributed by atoms with Crippen molar-refractivity contribution in [3.05, 3.63) is 78.2 Å². The summed E-state index contributed by atoms with van der Waals surface area (Å²) in [6, 6.07) is 17.7. The number of methoxy groups -OCH3 is 2. The molecule has 2 aromatic carbocycles. The molecule has 0 unspecified atom stereocenters. The number of pyridine rings is 1. The van der Waals surface area contributed by atoms with E-state index < -0.39 is 11.9 Å². The van der Waals surface area contributed by atoms with Crippen LogP contribution in [-0.4, -0.2) is 50.9 Å². The predicted octanol–water partition coefficient (Wildman–Crippen LogP) is 3.76. The lowest BCUT2D eigenvalue weighted by Gasteiger charge is -2.09. The van der Waals surface area contributed by atoms with Crippen LogP contribution in [0.15, 0.2) is 67.1 Å². The Morgan fingerprint density at radius 2 is 1.55 bits per heavy atom. The van der Waals surface area contributed by atoms with E-state index in [0.29, 0.717) is 11.5 Å². The number of ether oxygens (including phenoxy) is 2. The minimum Gasteiger partial charge on any atom is -0.493 e. The van der Waals surface area contributed by atoms with Gasteiger partial charge in [0.1, 0.15) is 12.1 Å². The second-order valence-corrected chi connectivity index (χ2v) is 6.54. The van der Waals surface area contributed by atoms with E-state index in [2.05, 4.69) is 9.97 Å². The number of aromatic nitrogens is 3. The van der Waals surface area contributed by atoms with Crippen LogP contribution in [0.25, 0.3) is 29.0 Å². The topological polar surface area (TPSA) is 124 Å². The minimum absolute atomic E-state index is 0.706. The second-order valence-electron chi connectivity index (χ2n) is 6.54. The number of hydrogen-bond acceptors (Lipinski definition) is 6. The summed E-state index contributed by atoms with van der Waals surface area (Å²) in [6.45, 7) is 0. The Kier molecular flexibility index (Phi) is 7.38. The van der Waals surface area contributed by atoms with Gasteiger partial charge in [-0.3, -0.25) is 4.57 Å². The molecule has 9 nitrogen and oxygen atoms in total. The normalized spacial score (nSPS) is 10.5. The van der Waals surface area contributed by atoms with Gasteiger partial charge in [0.15, 0.2) is 11.5 Å². The highest BCUT2D eigenvalue weighted by Gasteiger charge is 2.09. The first-order chi connectivity index (χ1) is 16.0.